The summed E-state index contributed by atoms with van der Waals surface area (Å²) in [4.78, 5) is -0.423. The Balaban J connectivity index is 2.27. The molecule has 0 heterocycles. The largest absolute Gasteiger partial charge is 0.416 e. The van der Waals surface area contributed by atoms with Gasteiger partial charge in [0.2, 0.25) is 20.0 Å². The standard InChI is InChI=1S/C16H17F3N2O4S2/c1-21(2)27(24,25)15-6-4-3-5-12(15)11-20-26(22,23)14-9-7-13(8-10-14)16(17,18)19/h3-10,20H,11H2,1-2H3. The van der Waals surface area contributed by atoms with Crippen molar-refractivity contribution in [1.82, 2.24) is 9.03 Å². The van der Waals surface area contributed by atoms with Gasteiger partial charge in [0.15, 0.2) is 0 Å². The first-order valence-corrected chi connectivity index (χ1v) is 10.5. The van der Waals surface area contributed by atoms with Crippen LogP contribution in [0, 0.1) is 0 Å². The number of benzene rings is 2. The predicted octanol–water partition coefficient (Wildman–Crippen LogP) is 2.43. The molecule has 2 aromatic carbocycles. The smallest absolute Gasteiger partial charge is 0.207 e. The number of hydrogen-bond donors (Lipinski definition) is 1. The summed E-state index contributed by atoms with van der Waals surface area (Å²) in [6.07, 6.45) is -4.57. The van der Waals surface area contributed by atoms with Crippen LogP contribution in [-0.2, 0) is 32.8 Å². The van der Waals surface area contributed by atoms with Crippen LogP contribution in [0.4, 0.5) is 13.2 Å². The second-order valence-electron chi connectivity index (χ2n) is 5.74. The van der Waals surface area contributed by atoms with E-state index >= 15 is 0 Å². The Morgan fingerprint density at radius 2 is 1.48 bits per heavy atom. The maximum Gasteiger partial charge on any atom is 0.416 e. The van der Waals surface area contributed by atoms with E-state index in [9.17, 15) is 30.0 Å². The third-order valence-electron chi connectivity index (χ3n) is 3.68. The summed E-state index contributed by atoms with van der Waals surface area (Å²) in [6.45, 7) is -0.341. The molecule has 11 heteroatoms. The van der Waals surface area contributed by atoms with Crippen LogP contribution in [0.5, 0.6) is 0 Å². The molecule has 2 rings (SSSR count). The number of alkyl halides is 3. The third-order valence-corrected chi connectivity index (χ3v) is 7.01. The molecule has 0 fully saturated rings. The molecular formula is C16H17F3N2O4S2. The molecule has 2 aromatic rings. The maximum absolute atomic E-state index is 12.6. The zero-order valence-corrected chi connectivity index (χ0v) is 16.0. The van der Waals surface area contributed by atoms with E-state index in [2.05, 4.69) is 4.72 Å². The first kappa shape index (κ1) is 21.4. The third kappa shape index (κ3) is 4.86. The summed E-state index contributed by atoms with van der Waals surface area (Å²) >= 11 is 0. The number of hydrogen-bond acceptors (Lipinski definition) is 4. The first-order valence-electron chi connectivity index (χ1n) is 7.53. The van der Waals surface area contributed by atoms with Crippen molar-refractivity contribution >= 4 is 20.0 Å². The highest BCUT2D eigenvalue weighted by atomic mass is 32.2. The van der Waals surface area contributed by atoms with Gasteiger partial charge in [-0.1, -0.05) is 18.2 Å². The molecule has 6 nitrogen and oxygen atoms in total. The summed E-state index contributed by atoms with van der Waals surface area (Å²) in [5.74, 6) is 0. The van der Waals surface area contributed by atoms with Crippen molar-refractivity contribution in [2.45, 2.75) is 22.5 Å². The Kier molecular flexibility index (Phi) is 6.00. The molecule has 0 aliphatic carbocycles. The normalized spacial score (nSPS) is 13.1. The van der Waals surface area contributed by atoms with Crippen LogP contribution < -0.4 is 4.72 Å². The minimum atomic E-state index is -4.57. The molecule has 0 spiro atoms. The molecule has 1 N–H and O–H groups in total. The van der Waals surface area contributed by atoms with Gasteiger partial charge >= 0.3 is 6.18 Å². The van der Waals surface area contributed by atoms with E-state index in [1.165, 1.54) is 32.3 Å². The molecule has 0 atom stereocenters. The van der Waals surface area contributed by atoms with E-state index in [0.29, 0.717) is 12.1 Å². The molecule has 0 aromatic heterocycles. The Hall–Kier alpha value is -1.95. The van der Waals surface area contributed by atoms with Crippen LogP contribution >= 0.6 is 0 Å². The zero-order valence-electron chi connectivity index (χ0n) is 14.4. The topological polar surface area (TPSA) is 83.6 Å². The quantitative estimate of drug-likeness (QED) is 0.775. The van der Waals surface area contributed by atoms with Crippen molar-refractivity contribution < 1.29 is 30.0 Å². The molecule has 0 aliphatic rings. The molecule has 148 valence electrons. The number of halogens is 3. The molecule has 0 aliphatic heterocycles. The Morgan fingerprint density at radius 1 is 0.926 bits per heavy atom. The molecule has 0 unspecified atom stereocenters. The van der Waals surface area contributed by atoms with Crippen LogP contribution in [0.15, 0.2) is 58.3 Å². The van der Waals surface area contributed by atoms with Crippen molar-refractivity contribution in [3.05, 3.63) is 59.7 Å². The number of rotatable bonds is 6. The number of nitrogens with zero attached hydrogens (tertiary/aromatic N) is 1. The highest BCUT2D eigenvalue weighted by Gasteiger charge is 2.30. The first-order chi connectivity index (χ1) is 12.4. The summed E-state index contributed by atoms with van der Waals surface area (Å²) < 4.78 is 90.2. The van der Waals surface area contributed by atoms with Crippen LogP contribution in [0.2, 0.25) is 0 Å². The molecule has 27 heavy (non-hydrogen) atoms. The fourth-order valence-corrected chi connectivity index (χ4v) is 4.30. The van der Waals surface area contributed by atoms with Gasteiger partial charge in [-0.25, -0.2) is 25.9 Å². The Labute approximate surface area is 155 Å². The highest BCUT2D eigenvalue weighted by molar-refractivity contribution is 7.89. The number of sulfonamides is 2. The van der Waals surface area contributed by atoms with E-state index in [4.69, 9.17) is 0 Å². The van der Waals surface area contributed by atoms with Gasteiger partial charge in [-0.05, 0) is 35.9 Å². The molecular weight excluding hydrogens is 405 g/mol. The van der Waals surface area contributed by atoms with Gasteiger partial charge < -0.3 is 0 Å². The van der Waals surface area contributed by atoms with Crippen LogP contribution in [0.1, 0.15) is 11.1 Å². The van der Waals surface area contributed by atoms with Crippen LogP contribution in [0.25, 0.3) is 0 Å². The predicted molar refractivity (Wildman–Crippen MR) is 92.8 cm³/mol. The van der Waals surface area contributed by atoms with Gasteiger partial charge in [0.1, 0.15) is 0 Å². The SMILES string of the molecule is CN(C)S(=O)(=O)c1ccccc1CNS(=O)(=O)c1ccc(C(F)(F)F)cc1. The van der Waals surface area contributed by atoms with Crippen molar-refractivity contribution in [1.29, 1.82) is 0 Å². The lowest BCUT2D eigenvalue weighted by Crippen LogP contribution is -2.27. The fourth-order valence-electron chi connectivity index (χ4n) is 2.18. The van der Waals surface area contributed by atoms with E-state index in [0.717, 1.165) is 16.4 Å². The van der Waals surface area contributed by atoms with E-state index in [-0.39, 0.29) is 21.9 Å². The van der Waals surface area contributed by atoms with Crippen LogP contribution in [-0.4, -0.2) is 35.2 Å². The molecule has 0 amide bonds. The van der Waals surface area contributed by atoms with E-state index in [1.807, 2.05) is 0 Å². The average Bonchev–Trinajstić information content (AvgIpc) is 2.59. The zero-order chi connectivity index (χ0) is 20.5. The summed E-state index contributed by atoms with van der Waals surface area (Å²) in [5, 5.41) is 0. The Bertz CT molecular complexity index is 1020. The fraction of sp³-hybridized carbons (Fsp3) is 0.250. The van der Waals surface area contributed by atoms with Gasteiger partial charge in [-0.2, -0.15) is 13.2 Å². The second kappa shape index (κ2) is 7.58. The van der Waals surface area contributed by atoms with Crippen molar-refractivity contribution in [3.63, 3.8) is 0 Å². The lowest BCUT2D eigenvalue weighted by molar-refractivity contribution is -0.137. The van der Waals surface area contributed by atoms with Gasteiger partial charge in [-0.15, -0.1) is 0 Å². The summed E-state index contributed by atoms with van der Waals surface area (Å²) in [5.41, 5.74) is -0.759. The number of nitrogens with one attached hydrogen (secondary N) is 1. The second-order valence-corrected chi connectivity index (χ2v) is 9.63. The highest BCUT2D eigenvalue weighted by Crippen LogP contribution is 2.29. The van der Waals surface area contributed by atoms with Crippen molar-refractivity contribution in [2.75, 3.05) is 14.1 Å². The van der Waals surface area contributed by atoms with Gasteiger partial charge in [0.25, 0.3) is 0 Å². The molecule has 0 saturated carbocycles. The lowest BCUT2D eigenvalue weighted by atomic mass is 10.2. The summed E-state index contributed by atoms with van der Waals surface area (Å²) in [6, 6.07) is 8.86. The van der Waals surface area contributed by atoms with Crippen molar-refractivity contribution in [2.24, 2.45) is 0 Å². The maximum atomic E-state index is 12.6. The average molecular weight is 422 g/mol. The summed E-state index contributed by atoms with van der Waals surface area (Å²) in [7, 11) is -5.23. The molecule has 0 saturated heterocycles. The minimum Gasteiger partial charge on any atom is -0.207 e. The van der Waals surface area contributed by atoms with Crippen LogP contribution in [0.3, 0.4) is 0 Å². The van der Waals surface area contributed by atoms with Crippen molar-refractivity contribution in [3.8, 4) is 0 Å². The molecule has 0 bridgehead atoms. The van der Waals surface area contributed by atoms with E-state index in [1.54, 1.807) is 6.07 Å². The monoisotopic (exact) mass is 422 g/mol. The molecule has 0 radical (unpaired) electrons. The van der Waals surface area contributed by atoms with Gasteiger partial charge in [-0.3, -0.25) is 0 Å². The van der Waals surface area contributed by atoms with E-state index < -0.39 is 31.8 Å². The van der Waals surface area contributed by atoms with Gasteiger partial charge in [0.05, 0.1) is 15.4 Å². The Morgan fingerprint density at radius 3 is 2.00 bits per heavy atom. The minimum absolute atomic E-state index is 0.0647. The van der Waals surface area contributed by atoms with Gasteiger partial charge in [0, 0.05) is 20.6 Å². The lowest BCUT2D eigenvalue weighted by Gasteiger charge is -2.15.